The van der Waals surface area contributed by atoms with Gasteiger partial charge in [-0.25, -0.2) is 4.79 Å². The monoisotopic (exact) mass is 296 g/mol. The van der Waals surface area contributed by atoms with Crippen molar-refractivity contribution in [1.82, 2.24) is 10.6 Å². The normalized spacial score (nSPS) is 14.5. The van der Waals surface area contributed by atoms with E-state index in [4.69, 9.17) is 9.15 Å². The molecule has 0 aromatic carbocycles. The lowest BCUT2D eigenvalue weighted by Gasteiger charge is -2.23. The van der Waals surface area contributed by atoms with Crippen LogP contribution >= 0.6 is 0 Å². The Morgan fingerprint density at radius 1 is 1.33 bits per heavy atom. The summed E-state index contributed by atoms with van der Waals surface area (Å²) < 4.78 is 10.5. The summed E-state index contributed by atoms with van der Waals surface area (Å²) in [6, 6.07) is 4.43. The maximum atomic E-state index is 11.6. The van der Waals surface area contributed by atoms with Crippen molar-refractivity contribution in [2.24, 2.45) is 0 Å². The van der Waals surface area contributed by atoms with Gasteiger partial charge in [-0.3, -0.25) is 0 Å². The molecule has 0 aliphatic heterocycles. The molecule has 1 amide bonds. The van der Waals surface area contributed by atoms with E-state index in [9.17, 15) is 4.79 Å². The number of furan rings is 1. The number of nitrogens with one attached hydrogen (secondary N) is 2. The van der Waals surface area contributed by atoms with Crippen molar-refractivity contribution >= 4 is 6.09 Å². The minimum absolute atomic E-state index is 0.184. The van der Waals surface area contributed by atoms with Crippen molar-refractivity contribution in [2.75, 3.05) is 6.54 Å². The van der Waals surface area contributed by atoms with Crippen LogP contribution in [0.3, 0.4) is 0 Å². The van der Waals surface area contributed by atoms with Crippen molar-refractivity contribution in [3.05, 3.63) is 24.2 Å². The molecule has 2 atom stereocenters. The lowest BCUT2D eigenvalue weighted by Crippen LogP contribution is -2.44. The summed E-state index contributed by atoms with van der Waals surface area (Å²) in [4.78, 5) is 11.6. The van der Waals surface area contributed by atoms with Crippen LogP contribution in [-0.4, -0.2) is 30.3 Å². The number of rotatable bonds is 7. The zero-order valence-electron chi connectivity index (χ0n) is 13.7. The van der Waals surface area contributed by atoms with E-state index in [1.165, 1.54) is 0 Å². The van der Waals surface area contributed by atoms with Crippen LogP contribution in [0.15, 0.2) is 22.8 Å². The first-order valence-corrected chi connectivity index (χ1v) is 7.51. The van der Waals surface area contributed by atoms with E-state index in [0.717, 1.165) is 18.6 Å². The van der Waals surface area contributed by atoms with Crippen molar-refractivity contribution in [3.63, 3.8) is 0 Å². The average Bonchev–Trinajstić information content (AvgIpc) is 2.85. The highest BCUT2D eigenvalue weighted by Gasteiger charge is 2.16. The van der Waals surface area contributed by atoms with Crippen LogP contribution in [0.25, 0.3) is 0 Å². The van der Waals surface area contributed by atoms with Gasteiger partial charge in [0.25, 0.3) is 0 Å². The third-order valence-electron chi connectivity index (χ3n) is 2.92. The highest BCUT2D eigenvalue weighted by molar-refractivity contribution is 5.67. The summed E-state index contributed by atoms with van der Waals surface area (Å²) in [5.41, 5.74) is -0.461. The summed E-state index contributed by atoms with van der Waals surface area (Å²) in [5.74, 6) is 1.00. The lowest BCUT2D eigenvalue weighted by atomic mass is 10.1. The number of hydrogen-bond donors (Lipinski definition) is 2. The molecule has 1 aromatic rings. The quantitative estimate of drug-likeness (QED) is 0.811. The largest absolute Gasteiger partial charge is 0.469 e. The van der Waals surface area contributed by atoms with Crippen LogP contribution in [0.1, 0.15) is 46.8 Å². The van der Waals surface area contributed by atoms with Gasteiger partial charge in [-0.1, -0.05) is 0 Å². The fourth-order valence-electron chi connectivity index (χ4n) is 1.99. The van der Waals surface area contributed by atoms with Gasteiger partial charge in [-0.05, 0) is 53.2 Å². The molecule has 5 nitrogen and oxygen atoms in total. The Kier molecular flexibility index (Phi) is 6.75. The first-order valence-electron chi connectivity index (χ1n) is 7.51. The van der Waals surface area contributed by atoms with Crippen molar-refractivity contribution in [3.8, 4) is 0 Å². The zero-order chi connectivity index (χ0) is 15.9. The first kappa shape index (κ1) is 17.6. The molecule has 0 saturated heterocycles. The van der Waals surface area contributed by atoms with E-state index in [1.54, 1.807) is 6.26 Å². The van der Waals surface area contributed by atoms with Gasteiger partial charge in [0.05, 0.1) is 6.26 Å². The Morgan fingerprint density at radius 3 is 2.62 bits per heavy atom. The predicted molar refractivity (Wildman–Crippen MR) is 83.3 cm³/mol. The summed E-state index contributed by atoms with van der Waals surface area (Å²) in [6.07, 6.45) is 3.22. The van der Waals surface area contributed by atoms with E-state index in [2.05, 4.69) is 17.6 Å². The van der Waals surface area contributed by atoms with Crippen molar-refractivity contribution in [2.45, 2.75) is 65.1 Å². The Morgan fingerprint density at radius 2 is 2.05 bits per heavy atom. The molecule has 120 valence electrons. The van der Waals surface area contributed by atoms with Crippen LogP contribution in [0.2, 0.25) is 0 Å². The highest BCUT2D eigenvalue weighted by Crippen LogP contribution is 2.07. The zero-order valence-corrected chi connectivity index (χ0v) is 13.7. The van der Waals surface area contributed by atoms with Gasteiger partial charge in [0.2, 0.25) is 0 Å². The fraction of sp³-hybridized carbons (Fsp3) is 0.688. The fourth-order valence-corrected chi connectivity index (χ4v) is 1.99. The third kappa shape index (κ3) is 8.40. The molecular weight excluding hydrogens is 268 g/mol. The maximum Gasteiger partial charge on any atom is 0.407 e. The minimum Gasteiger partial charge on any atom is -0.469 e. The molecular formula is C16H28N2O3. The lowest BCUT2D eigenvalue weighted by molar-refractivity contribution is 0.0522. The van der Waals surface area contributed by atoms with Crippen LogP contribution in [0, 0.1) is 0 Å². The molecule has 0 bridgehead atoms. The molecule has 0 saturated carbocycles. The molecule has 0 aliphatic rings. The summed E-state index contributed by atoms with van der Waals surface area (Å²) in [7, 11) is 0. The number of carbonyl (C=O) groups excluding carboxylic acids is 1. The third-order valence-corrected chi connectivity index (χ3v) is 2.92. The van der Waals surface area contributed by atoms with Gasteiger partial charge < -0.3 is 19.8 Å². The summed E-state index contributed by atoms with van der Waals surface area (Å²) in [6.45, 7) is 10.3. The van der Waals surface area contributed by atoms with E-state index in [1.807, 2.05) is 39.8 Å². The van der Waals surface area contributed by atoms with Crippen LogP contribution in [-0.2, 0) is 11.2 Å². The number of hydrogen-bond acceptors (Lipinski definition) is 4. The molecule has 1 rings (SSSR count). The minimum atomic E-state index is -0.461. The molecule has 1 aromatic heterocycles. The number of amides is 1. The van der Waals surface area contributed by atoms with E-state index in [0.29, 0.717) is 12.6 Å². The van der Waals surface area contributed by atoms with Crippen molar-refractivity contribution < 1.29 is 13.9 Å². The van der Waals surface area contributed by atoms with Gasteiger partial charge in [-0.15, -0.1) is 0 Å². The molecule has 1 heterocycles. The number of carbonyl (C=O) groups is 1. The number of alkyl carbamates (subject to hydrolysis) is 1. The Hall–Kier alpha value is -1.49. The molecule has 0 radical (unpaired) electrons. The number of aryl methyl sites for hydroxylation is 1. The molecule has 21 heavy (non-hydrogen) atoms. The van der Waals surface area contributed by atoms with Gasteiger partial charge in [0, 0.05) is 25.0 Å². The van der Waals surface area contributed by atoms with E-state index >= 15 is 0 Å². The first-order chi connectivity index (χ1) is 9.76. The van der Waals surface area contributed by atoms with Gasteiger partial charge >= 0.3 is 6.09 Å². The molecule has 0 spiro atoms. The second-order valence-corrected chi connectivity index (χ2v) is 6.47. The van der Waals surface area contributed by atoms with E-state index in [-0.39, 0.29) is 12.1 Å². The molecule has 2 unspecified atom stereocenters. The van der Waals surface area contributed by atoms with Gasteiger partial charge in [0.15, 0.2) is 0 Å². The highest BCUT2D eigenvalue weighted by atomic mass is 16.6. The second kappa shape index (κ2) is 8.08. The standard InChI is InChI=1S/C16H28N2O3/c1-12(8-9-14-7-6-10-20-14)18-13(2)11-17-15(19)21-16(3,4)5/h6-7,10,12-13,18H,8-9,11H2,1-5H3,(H,17,19). The average molecular weight is 296 g/mol. The van der Waals surface area contributed by atoms with Crippen LogP contribution < -0.4 is 10.6 Å². The molecule has 2 N–H and O–H groups in total. The SMILES string of the molecule is CC(CCc1ccco1)NC(C)CNC(=O)OC(C)(C)C. The topological polar surface area (TPSA) is 63.5 Å². The number of ether oxygens (including phenoxy) is 1. The smallest absolute Gasteiger partial charge is 0.407 e. The second-order valence-electron chi connectivity index (χ2n) is 6.47. The van der Waals surface area contributed by atoms with E-state index < -0.39 is 5.60 Å². The predicted octanol–water partition coefficient (Wildman–Crippen LogP) is 3.10. The van der Waals surface area contributed by atoms with Crippen LogP contribution in [0.4, 0.5) is 4.79 Å². The van der Waals surface area contributed by atoms with Gasteiger partial charge in [-0.2, -0.15) is 0 Å². The van der Waals surface area contributed by atoms with Crippen molar-refractivity contribution in [1.29, 1.82) is 0 Å². The molecule has 5 heteroatoms. The Labute approximate surface area is 127 Å². The summed E-state index contributed by atoms with van der Waals surface area (Å²) >= 11 is 0. The maximum absolute atomic E-state index is 11.6. The Balaban J connectivity index is 2.17. The molecule has 0 fully saturated rings. The Bertz CT molecular complexity index is 410. The summed E-state index contributed by atoms with van der Waals surface area (Å²) in [5, 5.41) is 6.22. The molecule has 0 aliphatic carbocycles. The van der Waals surface area contributed by atoms with Gasteiger partial charge in [0.1, 0.15) is 11.4 Å². The van der Waals surface area contributed by atoms with Crippen LogP contribution in [0.5, 0.6) is 0 Å².